The maximum Gasteiger partial charge on any atom is 0.224 e. The largest absolute Gasteiger partial charge is 0.493 e. The minimum Gasteiger partial charge on any atom is -0.493 e. The minimum atomic E-state index is 0.00955. The van der Waals surface area contributed by atoms with E-state index in [-0.39, 0.29) is 11.8 Å². The van der Waals surface area contributed by atoms with Gasteiger partial charge in [-0.2, -0.15) is 0 Å². The number of hydrogen-bond donors (Lipinski definition) is 1. The normalized spacial score (nSPS) is 17.1. The summed E-state index contributed by atoms with van der Waals surface area (Å²) in [6, 6.07) is 11.7. The van der Waals surface area contributed by atoms with Crippen molar-refractivity contribution in [2.24, 2.45) is 5.92 Å². The first-order chi connectivity index (χ1) is 12.7. The van der Waals surface area contributed by atoms with Crippen LogP contribution in [0.3, 0.4) is 0 Å². The fraction of sp³-hybridized carbons (Fsp3) is 0.400. The van der Waals surface area contributed by atoms with Crippen LogP contribution in [-0.2, 0) is 17.9 Å². The molecule has 0 spiro atoms. The van der Waals surface area contributed by atoms with E-state index in [2.05, 4.69) is 15.2 Å². The molecule has 1 amide bonds. The summed E-state index contributed by atoms with van der Waals surface area (Å²) in [5.74, 6) is 1.46. The van der Waals surface area contributed by atoms with Gasteiger partial charge in [0.15, 0.2) is 11.5 Å². The van der Waals surface area contributed by atoms with Crippen LogP contribution in [0.25, 0.3) is 0 Å². The highest BCUT2D eigenvalue weighted by Crippen LogP contribution is 2.30. The number of rotatable bonds is 7. The molecule has 138 valence electrons. The maximum atomic E-state index is 12.4. The fourth-order valence-electron chi connectivity index (χ4n) is 3.29. The summed E-state index contributed by atoms with van der Waals surface area (Å²) in [7, 11) is 3.23. The van der Waals surface area contributed by atoms with E-state index in [0.717, 1.165) is 30.8 Å². The zero-order chi connectivity index (χ0) is 18.4. The number of amides is 1. The molecule has 0 bridgehead atoms. The van der Waals surface area contributed by atoms with E-state index >= 15 is 0 Å². The van der Waals surface area contributed by atoms with E-state index in [1.54, 1.807) is 26.5 Å². The lowest BCUT2D eigenvalue weighted by Crippen LogP contribution is -2.32. The Morgan fingerprint density at radius 1 is 1.23 bits per heavy atom. The van der Waals surface area contributed by atoms with Gasteiger partial charge in [-0.1, -0.05) is 30.3 Å². The van der Waals surface area contributed by atoms with Gasteiger partial charge in [0.25, 0.3) is 0 Å². The summed E-state index contributed by atoms with van der Waals surface area (Å²) in [5.41, 5.74) is 1.94. The molecule has 1 atom stereocenters. The van der Waals surface area contributed by atoms with E-state index in [1.807, 2.05) is 30.3 Å². The Morgan fingerprint density at radius 2 is 2.04 bits per heavy atom. The Hall–Kier alpha value is -2.60. The van der Waals surface area contributed by atoms with Crippen LogP contribution in [0.2, 0.25) is 0 Å². The number of nitrogens with zero attached hydrogens (tertiary/aromatic N) is 2. The maximum absolute atomic E-state index is 12.4. The smallest absolute Gasteiger partial charge is 0.224 e. The van der Waals surface area contributed by atoms with Crippen molar-refractivity contribution < 1.29 is 14.3 Å². The van der Waals surface area contributed by atoms with Gasteiger partial charge in [-0.25, -0.2) is 0 Å². The molecule has 1 N–H and O–H groups in total. The average molecular weight is 355 g/mol. The Labute approximate surface area is 154 Å². The number of likely N-dealkylation sites (tertiary alicyclic amines) is 1. The van der Waals surface area contributed by atoms with Crippen LogP contribution in [0.15, 0.2) is 42.6 Å². The quantitative estimate of drug-likeness (QED) is 0.825. The fourth-order valence-corrected chi connectivity index (χ4v) is 3.29. The average Bonchev–Trinajstić information content (AvgIpc) is 3.15. The molecule has 2 aromatic rings. The van der Waals surface area contributed by atoms with Crippen molar-refractivity contribution in [3.05, 3.63) is 53.9 Å². The number of pyridine rings is 1. The standard InChI is InChI=1S/C20H25N3O3/c1-25-18-8-10-21-17(19(18)26-2)14-23-11-9-16(13-23)20(24)22-12-15-6-4-3-5-7-15/h3-8,10,16H,9,11-14H2,1-2H3,(H,22,24). The van der Waals surface area contributed by atoms with E-state index in [1.165, 1.54) is 0 Å². The molecule has 3 rings (SSSR count). The van der Waals surface area contributed by atoms with Gasteiger partial charge in [-0.3, -0.25) is 14.7 Å². The molecule has 1 aromatic heterocycles. The molecular weight excluding hydrogens is 330 g/mol. The highest BCUT2D eigenvalue weighted by Gasteiger charge is 2.29. The number of ether oxygens (including phenoxy) is 2. The van der Waals surface area contributed by atoms with Crippen LogP contribution in [0.5, 0.6) is 11.5 Å². The predicted molar refractivity (Wildman–Crippen MR) is 99.0 cm³/mol. The lowest BCUT2D eigenvalue weighted by molar-refractivity contribution is -0.124. The monoisotopic (exact) mass is 355 g/mol. The topological polar surface area (TPSA) is 63.7 Å². The van der Waals surface area contributed by atoms with E-state index in [9.17, 15) is 4.79 Å². The van der Waals surface area contributed by atoms with Gasteiger partial charge < -0.3 is 14.8 Å². The van der Waals surface area contributed by atoms with Crippen molar-refractivity contribution >= 4 is 5.91 Å². The zero-order valence-electron chi connectivity index (χ0n) is 15.3. The first-order valence-electron chi connectivity index (χ1n) is 8.81. The van der Waals surface area contributed by atoms with Crippen molar-refractivity contribution in [3.63, 3.8) is 0 Å². The summed E-state index contributed by atoms with van der Waals surface area (Å²) in [6.45, 7) is 2.80. The summed E-state index contributed by atoms with van der Waals surface area (Å²) >= 11 is 0. The zero-order valence-corrected chi connectivity index (χ0v) is 15.3. The Balaban J connectivity index is 1.55. The van der Waals surface area contributed by atoms with Gasteiger partial charge in [0.1, 0.15) is 5.69 Å². The van der Waals surface area contributed by atoms with E-state index < -0.39 is 0 Å². The van der Waals surface area contributed by atoms with Gasteiger partial charge in [-0.15, -0.1) is 0 Å². The highest BCUT2D eigenvalue weighted by atomic mass is 16.5. The molecule has 1 fully saturated rings. The number of nitrogens with one attached hydrogen (secondary N) is 1. The molecule has 0 radical (unpaired) electrons. The molecule has 1 saturated heterocycles. The van der Waals surface area contributed by atoms with Gasteiger partial charge >= 0.3 is 0 Å². The van der Waals surface area contributed by atoms with Gasteiger partial charge in [-0.05, 0) is 18.5 Å². The van der Waals surface area contributed by atoms with Crippen molar-refractivity contribution in [2.75, 3.05) is 27.3 Å². The first kappa shape index (κ1) is 18.2. The van der Waals surface area contributed by atoms with Crippen LogP contribution in [0.4, 0.5) is 0 Å². The lowest BCUT2D eigenvalue weighted by Gasteiger charge is -2.18. The molecule has 1 unspecified atom stereocenters. The molecule has 6 heteroatoms. The molecule has 6 nitrogen and oxygen atoms in total. The second kappa shape index (κ2) is 8.67. The summed E-state index contributed by atoms with van der Waals surface area (Å²) in [4.78, 5) is 19.1. The third-order valence-electron chi connectivity index (χ3n) is 4.69. The number of hydrogen-bond acceptors (Lipinski definition) is 5. The number of carbonyl (C=O) groups excluding carboxylic acids is 1. The van der Waals surface area contributed by atoms with E-state index in [0.29, 0.717) is 24.6 Å². The lowest BCUT2D eigenvalue weighted by atomic mass is 10.1. The van der Waals surface area contributed by atoms with Crippen LogP contribution in [-0.4, -0.2) is 43.1 Å². The molecule has 26 heavy (non-hydrogen) atoms. The van der Waals surface area contributed by atoms with Crippen molar-refractivity contribution in [1.29, 1.82) is 0 Å². The van der Waals surface area contributed by atoms with Crippen molar-refractivity contribution in [3.8, 4) is 11.5 Å². The molecule has 2 heterocycles. The molecule has 1 aromatic carbocycles. The third kappa shape index (κ3) is 4.32. The van der Waals surface area contributed by atoms with Crippen LogP contribution < -0.4 is 14.8 Å². The Kier molecular flexibility index (Phi) is 6.07. The van der Waals surface area contributed by atoms with Crippen LogP contribution in [0, 0.1) is 5.92 Å². The second-order valence-electron chi connectivity index (χ2n) is 6.42. The number of methoxy groups -OCH3 is 2. The number of benzene rings is 1. The summed E-state index contributed by atoms with van der Waals surface area (Å²) in [6.07, 6.45) is 2.57. The third-order valence-corrected chi connectivity index (χ3v) is 4.69. The van der Waals surface area contributed by atoms with Crippen molar-refractivity contribution in [1.82, 2.24) is 15.2 Å². The Bertz CT molecular complexity index is 736. The molecule has 0 aliphatic carbocycles. The molecular formula is C20H25N3O3. The first-order valence-corrected chi connectivity index (χ1v) is 8.81. The van der Waals surface area contributed by atoms with Crippen molar-refractivity contribution in [2.45, 2.75) is 19.5 Å². The minimum absolute atomic E-state index is 0.00955. The number of carbonyl (C=O) groups is 1. The van der Waals surface area contributed by atoms with Crippen LogP contribution in [0.1, 0.15) is 17.7 Å². The van der Waals surface area contributed by atoms with Gasteiger partial charge in [0.05, 0.1) is 20.1 Å². The van der Waals surface area contributed by atoms with Gasteiger partial charge in [0, 0.05) is 31.9 Å². The second-order valence-corrected chi connectivity index (χ2v) is 6.42. The van der Waals surface area contributed by atoms with Gasteiger partial charge in [0.2, 0.25) is 5.91 Å². The summed E-state index contributed by atoms with van der Waals surface area (Å²) in [5, 5.41) is 3.04. The predicted octanol–water partition coefficient (Wildman–Crippen LogP) is 2.24. The van der Waals surface area contributed by atoms with E-state index in [4.69, 9.17) is 9.47 Å². The number of aromatic nitrogens is 1. The Morgan fingerprint density at radius 3 is 2.77 bits per heavy atom. The summed E-state index contributed by atoms with van der Waals surface area (Å²) < 4.78 is 10.8. The molecule has 0 saturated carbocycles. The molecule has 1 aliphatic rings. The molecule has 1 aliphatic heterocycles. The van der Waals surface area contributed by atoms with Crippen LogP contribution >= 0.6 is 0 Å². The highest BCUT2D eigenvalue weighted by molar-refractivity contribution is 5.79. The SMILES string of the molecule is COc1ccnc(CN2CCC(C(=O)NCc3ccccc3)C2)c1OC.